The van der Waals surface area contributed by atoms with Crippen LogP contribution < -0.4 is 20.5 Å². The maximum atomic E-state index is 11.7. The SMILES string of the molecule is CC(C)(C)[Si](Oc1ccc(O)c(C(N)=O)c1)(c1ccccc1)c1ccccc1. The molecule has 28 heavy (non-hydrogen) atoms. The van der Waals surface area contributed by atoms with Crippen LogP contribution in [-0.2, 0) is 0 Å². The Labute approximate surface area is 166 Å². The van der Waals surface area contributed by atoms with Gasteiger partial charge in [-0.05, 0) is 33.6 Å². The Morgan fingerprint density at radius 1 is 0.893 bits per heavy atom. The third-order valence-corrected chi connectivity index (χ3v) is 9.87. The van der Waals surface area contributed by atoms with Gasteiger partial charge in [-0.2, -0.15) is 0 Å². The van der Waals surface area contributed by atoms with E-state index in [4.69, 9.17) is 10.2 Å². The number of aromatic hydroxyl groups is 1. The number of nitrogens with two attached hydrogens (primary N) is 1. The van der Waals surface area contributed by atoms with E-state index in [0.717, 1.165) is 10.4 Å². The van der Waals surface area contributed by atoms with Crippen LogP contribution >= 0.6 is 0 Å². The first kappa shape index (κ1) is 19.7. The molecule has 3 aromatic carbocycles. The predicted octanol–water partition coefficient (Wildman–Crippen LogP) is 3.43. The summed E-state index contributed by atoms with van der Waals surface area (Å²) in [6, 6.07) is 25.1. The van der Waals surface area contributed by atoms with Crippen molar-refractivity contribution in [3.63, 3.8) is 0 Å². The summed E-state index contributed by atoms with van der Waals surface area (Å²) in [7, 11) is -2.80. The summed E-state index contributed by atoms with van der Waals surface area (Å²) in [5.74, 6) is -0.325. The van der Waals surface area contributed by atoms with Gasteiger partial charge in [0.05, 0.1) is 5.56 Å². The number of benzene rings is 3. The molecule has 0 aliphatic rings. The minimum Gasteiger partial charge on any atom is -0.534 e. The largest absolute Gasteiger partial charge is 0.534 e. The molecule has 0 saturated carbocycles. The van der Waals surface area contributed by atoms with Crippen molar-refractivity contribution in [2.24, 2.45) is 5.73 Å². The third kappa shape index (κ3) is 3.53. The van der Waals surface area contributed by atoms with Gasteiger partial charge in [0.15, 0.2) is 0 Å². The van der Waals surface area contributed by atoms with Crippen LogP contribution in [0.2, 0.25) is 5.04 Å². The van der Waals surface area contributed by atoms with Crippen LogP contribution in [0.25, 0.3) is 0 Å². The van der Waals surface area contributed by atoms with E-state index in [1.807, 2.05) is 36.4 Å². The normalized spacial score (nSPS) is 11.8. The molecule has 5 heteroatoms. The molecule has 0 heterocycles. The van der Waals surface area contributed by atoms with Crippen LogP contribution in [0.15, 0.2) is 78.9 Å². The molecule has 4 nitrogen and oxygen atoms in total. The summed E-state index contributed by atoms with van der Waals surface area (Å²) in [6.45, 7) is 6.53. The highest BCUT2D eigenvalue weighted by molar-refractivity contribution is 7.00. The van der Waals surface area contributed by atoms with E-state index >= 15 is 0 Å². The summed E-state index contributed by atoms with van der Waals surface area (Å²) in [6.07, 6.45) is 0. The molecule has 0 spiro atoms. The monoisotopic (exact) mass is 391 g/mol. The van der Waals surface area contributed by atoms with E-state index in [-0.39, 0.29) is 16.4 Å². The van der Waals surface area contributed by atoms with Crippen molar-refractivity contribution in [3.8, 4) is 11.5 Å². The van der Waals surface area contributed by atoms with Gasteiger partial charge in [-0.15, -0.1) is 0 Å². The Bertz CT molecular complexity index is 927. The van der Waals surface area contributed by atoms with Gasteiger partial charge < -0.3 is 15.3 Å². The summed E-state index contributed by atoms with van der Waals surface area (Å²) in [5.41, 5.74) is 5.46. The number of carbonyl (C=O) groups excluding carboxylic acids is 1. The molecule has 3 aromatic rings. The molecule has 1 amide bonds. The van der Waals surface area contributed by atoms with Crippen molar-refractivity contribution in [3.05, 3.63) is 84.4 Å². The average molecular weight is 392 g/mol. The maximum Gasteiger partial charge on any atom is 0.319 e. The van der Waals surface area contributed by atoms with Crippen LogP contribution in [0, 0.1) is 0 Å². The fraction of sp³-hybridized carbons (Fsp3) is 0.174. The van der Waals surface area contributed by atoms with E-state index in [1.165, 1.54) is 12.1 Å². The Kier molecular flexibility index (Phi) is 5.29. The number of carbonyl (C=O) groups is 1. The number of rotatable bonds is 5. The quantitative estimate of drug-likeness (QED) is 0.655. The zero-order chi connectivity index (χ0) is 20.4. The van der Waals surface area contributed by atoms with Gasteiger partial charge in [0.25, 0.3) is 5.91 Å². The first-order valence-electron chi connectivity index (χ1n) is 9.18. The van der Waals surface area contributed by atoms with Crippen molar-refractivity contribution in [1.82, 2.24) is 0 Å². The summed E-state index contributed by atoms with van der Waals surface area (Å²) in [4.78, 5) is 11.7. The number of amides is 1. The van der Waals surface area contributed by atoms with Crippen LogP contribution in [0.3, 0.4) is 0 Å². The van der Waals surface area contributed by atoms with Gasteiger partial charge in [0, 0.05) is 0 Å². The maximum absolute atomic E-state index is 11.7. The smallest absolute Gasteiger partial charge is 0.319 e. The zero-order valence-electron chi connectivity index (χ0n) is 16.3. The molecule has 0 bridgehead atoms. The highest BCUT2D eigenvalue weighted by atomic mass is 28.4. The molecule has 0 atom stereocenters. The molecular formula is C23H25NO3Si. The van der Waals surface area contributed by atoms with Gasteiger partial charge in [0.2, 0.25) is 0 Å². The van der Waals surface area contributed by atoms with E-state index in [2.05, 4.69) is 45.0 Å². The molecule has 3 rings (SSSR count). The Hall–Kier alpha value is -3.05. The van der Waals surface area contributed by atoms with Gasteiger partial charge in [-0.25, -0.2) is 0 Å². The molecule has 0 radical (unpaired) electrons. The zero-order valence-corrected chi connectivity index (χ0v) is 17.3. The van der Waals surface area contributed by atoms with Crippen LogP contribution in [0.1, 0.15) is 31.1 Å². The Balaban J connectivity index is 2.25. The lowest BCUT2D eigenvalue weighted by Crippen LogP contribution is -2.68. The summed E-state index contributed by atoms with van der Waals surface area (Å²) in [5, 5.41) is 12.0. The molecule has 0 unspecified atom stereocenters. The average Bonchev–Trinajstić information content (AvgIpc) is 2.67. The van der Waals surface area contributed by atoms with Crippen LogP contribution in [-0.4, -0.2) is 19.3 Å². The fourth-order valence-electron chi connectivity index (χ4n) is 3.60. The lowest BCUT2D eigenvalue weighted by atomic mass is 10.2. The van der Waals surface area contributed by atoms with Gasteiger partial charge in [-0.1, -0.05) is 81.4 Å². The molecule has 3 N–H and O–H groups in total. The van der Waals surface area contributed by atoms with E-state index in [9.17, 15) is 9.90 Å². The second-order valence-corrected chi connectivity index (χ2v) is 12.0. The van der Waals surface area contributed by atoms with Gasteiger partial charge in [0.1, 0.15) is 11.5 Å². The minimum absolute atomic E-state index is 0.0513. The van der Waals surface area contributed by atoms with E-state index in [0.29, 0.717) is 5.75 Å². The van der Waals surface area contributed by atoms with Crippen molar-refractivity contribution in [2.75, 3.05) is 0 Å². The van der Waals surface area contributed by atoms with Crippen molar-refractivity contribution in [1.29, 1.82) is 0 Å². The van der Waals surface area contributed by atoms with Crippen molar-refractivity contribution < 1.29 is 14.3 Å². The topological polar surface area (TPSA) is 72.6 Å². The first-order valence-corrected chi connectivity index (χ1v) is 11.1. The molecular weight excluding hydrogens is 366 g/mol. The van der Waals surface area contributed by atoms with E-state index < -0.39 is 14.2 Å². The second-order valence-electron chi connectivity index (χ2n) is 7.81. The standard InChI is InChI=1S/C23H25NO3Si/c1-23(2,3)28(18-10-6-4-7-11-18,19-12-8-5-9-13-19)27-17-14-15-21(25)20(16-17)22(24)26/h4-16,25H,1-3H3,(H2,24,26). The number of hydrogen-bond donors (Lipinski definition) is 2. The molecule has 0 fully saturated rings. The van der Waals surface area contributed by atoms with Crippen LogP contribution in [0.4, 0.5) is 0 Å². The fourth-order valence-corrected chi connectivity index (χ4v) is 8.01. The van der Waals surface area contributed by atoms with Crippen LogP contribution in [0.5, 0.6) is 11.5 Å². The summed E-state index contributed by atoms with van der Waals surface area (Å²) >= 11 is 0. The molecule has 0 saturated heterocycles. The highest BCUT2D eigenvalue weighted by Gasteiger charge is 2.52. The van der Waals surface area contributed by atoms with E-state index in [1.54, 1.807) is 6.07 Å². The lowest BCUT2D eigenvalue weighted by Gasteiger charge is -2.43. The molecule has 144 valence electrons. The van der Waals surface area contributed by atoms with Crippen molar-refractivity contribution in [2.45, 2.75) is 25.8 Å². The van der Waals surface area contributed by atoms with Gasteiger partial charge in [-0.3, -0.25) is 4.79 Å². The molecule has 0 aliphatic carbocycles. The predicted molar refractivity (Wildman–Crippen MR) is 115 cm³/mol. The van der Waals surface area contributed by atoms with Crippen molar-refractivity contribution >= 4 is 24.6 Å². The molecule has 0 aromatic heterocycles. The third-order valence-electron chi connectivity index (χ3n) is 4.92. The number of hydrogen-bond acceptors (Lipinski definition) is 3. The first-order chi connectivity index (χ1) is 13.3. The number of phenols is 1. The molecule has 0 aliphatic heterocycles. The number of primary amides is 1. The summed E-state index contributed by atoms with van der Waals surface area (Å²) < 4.78 is 6.80. The Morgan fingerprint density at radius 2 is 1.39 bits per heavy atom. The Morgan fingerprint density at radius 3 is 1.82 bits per heavy atom. The lowest BCUT2D eigenvalue weighted by molar-refractivity contribution is 0.0997. The van der Waals surface area contributed by atoms with Gasteiger partial charge >= 0.3 is 8.32 Å². The second kappa shape index (κ2) is 7.52. The highest BCUT2D eigenvalue weighted by Crippen LogP contribution is 2.38. The minimum atomic E-state index is -2.80.